The van der Waals surface area contributed by atoms with Crippen LogP contribution in [0.1, 0.15) is 25.7 Å². The van der Waals surface area contributed by atoms with E-state index in [9.17, 15) is 9.59 Å². The number of aromatic amines is 1. The zero-order valence-corrected chi connectivity index (χ0v) is 15.9. The number of carbonyl (C=O) groups excluding carboxylic acids is 2. The number of β-lactam (4-membered cyclic amide) rings is 1. The van der Waals surface area contributed by atoms with Crippen molar-refractivity contribution >= 4 is 35.3 Å². The van der Waals surface area contributed by atoms with Gasteiger partial charge in [-0.25, -0.2) is 0 Å². The average Bonchev–Trinajstić information content (AvgIpc) is 3.23. The minimum absolute atomic E-state index is 0.0964. The highest BCUT2D eigenvalue weighted by Gasteiger charge is 2.63. The maximum atomic E-state index is 12.7. The second-order valence-corrected chi connectivity index (χ2v) is 9.50. The Morgan fingerprint density at radius 3 is 2.85 bits per heavy atom. The van der Waals surface area contributed by atoms with Crippen LogP contribution in [-0.4, -0.2) is 59.3 Å². The number of rotatable bonds is 5. The molecule has 2 amide bonds. The van der Waals surface area contributed by atoms with Gasteiger partial charge in [0.05, 0.1) is 5.75 Å². The number of amides is 2. The van der Waals surface area contributed by atoms with E-state index in [-0.39, 0.29) is 33.7 Å². The molecule has 2 unspecified atom stereocenters. The summed E-state index contributed by atoms with van der Waals surface area (Å²) in [6.07, 6.45) is 0. The lowest BCUT2D eigenvalue weighted by Gasteiger charge is -2.44. The number of fused-ring (bicyclic) bond motifs is 1. The maximum Gasteiger partial charge on any atom is 0.249 e. The normalized spacial score (nSPS) is 26.3. The number of thioether (sulfide) groups is 2. The summed E-state index contributed by atoms with van der Waals surface area (Å²) in [6.45, 7) is 4.10. The average molecular weight is 390 g/mol. The standard InChI is InChI=1S/C16H18N6O2S2/c1-16(2)12(13-18-20-21-19-13)22-14(24)11(15(22)26-16)17-10(23)8-25-9-6-4-3-5-7-9/h3-7,11-12,15H,8H2,1-2H3,(H,17,23)(H,18,19,20,21)/t11?,12?,15-/m1/s1. The van der Waals surface area contributed by atoms with Crippen molar-refractivity contribution in [1.82, 2.24) is 30.8 Å². The highest BCUT2D eigenvalue weighted by molar-refractivity contribution is 8.01. The van der Waals surface area contributed by atoms with Crippen LogP contribution in [0.5, 0.6) is 0 Å². The molecule has 0 spiro atoms. The smallest absolute Gasteiger partial charge is 0.249 e. The molecule has 3 atom stereocenters. The van der Waals surface area contributed by atoms with Crippen molar-refractivity contribution in [3.8, 4) is 0 Å². The van der Waals surface area contributed by atoms with Crippen LogP contribution in [0.3, 0.4) is 0 Å². The summed E-state index contributed by atoms with van der Waals surface area (Å²) in [5.41, 5.74) is 0. The minimum atomic E-state index is -0.500. The quantitative estimate of drug-likeness (QED) is 0.584. The van der Waals surface area contributed by atoms with Crippen molar-refractivity contribution in [2.45, 2.75) is 40.9 Å². The molecular weight excluding hydrogens is 372 g/mol. The molecule has 136 valence electrons. The zero-order valence-electron chi connectivity index (χ0n) is 14.2. The largest absolute Gasteiger partial charge is 0.341 e. The van der Waals surface area contributed by atoms with Gasteiger partial charge in [-0.2, -0.15) is 5.21 Å². The van der Waals surface area contributed by atoms with Crippen molar-refractivity contribution in [2.75, 3.05) is 5.75 Å². The minimum Gasteiger partial charge on any atom is -0.341 e. The van der Waals surface area contributed by atoms with Gasteiger partial charge in [-0.1, -0.05) is 23.4 Å². The van der Waals surface area contributed by atoms with Gasteiger partial charge in [0.2, 0.25) is 11.8 Å². The molecule has 8 nitrogen and oxygen atoms in total. The molecule has 2 aliphatic rings. The fourth-order valence-electron chi connectivity index (χ4n) is 3.33. The van der Waals surface area contributed by atoms with Gasteiger partial charge in [0.25, 0.3) is 0 Å². The Hall–Kier alpha value is -2.07. The fraction of sp³-hybridized carbons (Fsp3) is 0.438. The molecule has 3 heterocycles. The number of hydrogen-bond donors (Lipinski definition) is 2. The summed E-state index contributed by atoms with van der Waals surface area (Å²) in [5.74, 6) is 0.546. The number of H-pyrrole nitrogens is 1. The molecule has 0 saturated carbocycles. The highest BCUT2D eigenvalue weighted by atomic mass is 32.2. The van der Waals surface area contributed by atoms with Gasteiger partial charge < -0.3 is 10.2 Å². The molecule has 0 aliphatic carbocycles. The van der Waals surface area contributed by atoms with Crippen molar-refractivity contribution < 1.29 is 9.59 Å². The summed E-state index contributed by atoms with van der Waals surface area (Å²) < 4.78 is -0.261. The first-order chi connectivity index (χ1) is 12.5. The Kier molecular flexibility index (Phi) is 4.39. The van der Waals surface area contributed by atoms with Crippen molar-refractivity contribution in [3.63, 3.8) is 0 Å². The van der Waals surface area contributed by atoms with E-state index in [0.717, 1.165) is 4.90 Å². The predicted octanol–water partition coefficient (Wildman–Crippen LogP) is 1.21. The Morgan fingerprint density at radius 1 is 1.38 bits per heavy atom. The van der Waals surface area contributed by atoms with Crippen LogP contribution in [0.2, 0.25) is 0 Å². The van der Waals surface area contributed by atoms with Gasteiger partial charge >= 0.3 is 0 Å². The van der Waals surface area contributed by atoms with E-state index in [1.54, 1.807) is 16.7 Å². The van der Waals surface area contributed by atoms with Gasteiger partial charge in [0.1, 0.15) is 17.5 Å². The SMILES string of the molecule is CC1(C)S[C@@H]2C(NC(=O)CSc3ccccc3)C(=O)N2C1c1nn[nH]n1. The third-order valence-corrected chi connectivity index (χ3v) is 7.06. The van der Waals surface area contributed by atoms with E-state index in [1.807, 2.05) is 30.3 Å². The topological polar surface area (TPSA) is 104 Å². The number of carbonyl (C=O) groups is 2. The van der Waals surface area contributed by atoms with Crippen LogP contribution in [0, 0.1) is 0 Å². The number of benzene rings is 1. The molecule has 2 saturated heterocycles. The Labute approximate surface area is 158 Å². The third-order valence-electron chi connectivity index (χ3n) is 4.48. The van der Waals surface area contributed by atoms with Crippen LogP contribution in [0.15, 0.2) is 35.2 Å². The van der Waals surface area contributed by atoms with Gasteiger partial charge in [-0.05, 0) is 26.0 Å². The second-order valence-electron chi connectivity index (χ2n) is 6.68. The van der Waals surface area contributed by atoms with Crippen molar-refractivity contribution in [3.05, 3.63) is 36.2 Å². The molecule has 4 rings (SSSR count). The van der Waals surface area contributed by atoms with Crippen LogP contribution in [-0.2, 0) is 9.59 Å². The molecule has 10 heteroatoms. The monoisotopic (exact) mass is 390 g/mol. The molecule has 0 radical (unpaired) electrons. The van der Waals surface area contributed by atoms with E-state index in [4.69, 9.17) is 0 Å². The van der Waals surface area contributed by atoms with E-state index in [1.165, 1.54) is 11.8 Å². The van der Waals surface area contributed by atoms with Crippen LogP contribution >= 0.6 is 23.5 Å². The molecule has 2 fully saturated rings. The van der Waals surface area contributed by atoms with E-state index in [2.05, 4.69) is 39.8 Å². The number of hydrogen-bond acceptors (Lipinski definition) is 7. The molecule has 0 bridgehead atoms. The summed E-state index contributed by atoms with van der Waals surface area (Å²) in [5, 5.41) is 16.9. The number of nitrogens with zero attached hydrogens (tertiary/aromatic N) is 4. The zero-order chi connectivity index (χ0) is 18.3. The maximum absolute atomic E-state index is 12.7. The lowest BCUT2D eigenvalue weighted by molar-refractivity contribution is -0.151. The van der Waals surface area contributed by atoms with E-state index in [0.29, 0.717) is 5.82 Å². The lowest BCUT2D eigenvalue weighted by atomic mass is 9.95. The lowest BCUT2D eigenvalue weighted by Crippen LogP contribution is -2.68. The number of aromatic nitrogens is 4. The molecule has 2 aliphatic heterocycles. The second kappa shape index (κ2) is 6.58. The summed E-state index contributed by atoms with van der Waals surface area (Å²) in [6, 6.07) is 8.96. The summed E-state index contributed by atoms with van der Waals surface area (Å²) in [7, 11) is 0. The van der Waals surface area contributed by atoms with Gasteiger partial charge in [-0.15, -0.1) is 33.7 Å². The van der Waals surface area contributed by atoms with Crippen molar-refractivity contribution in [2.24, 2.45) is 0 Å². The first-order valence-corrected chi connectivity index (χ1v) is 10.0. The number of nitrogens with one attached hydrogen (secondary N) is 2. The van der Waals surface area contributed by atoms with Gasteiger partial charge in [0, 0.05) is 9.64 Å². The van der Waals surface area contributed by atoms with Gasteiger partial charge in [0.15, 0.2) is 5.82 Å². The first-order valence-electron chi connectivity index (χ1n) is 8.18. The Morgan fingerprint density at radius 2 is 2.15 bits per heavy atom. The first kappa shape index (κ1) is 17.3. The molecule has 1 aromatic carbocycles. The molecule has 2 N–H and O–H groups in total. The molecular formula is C16H18N6O2S2. The summed E-state index contributed by atoms with van der Waals surface area (Å²) in [4.78, 5) is 27.7. The number of tetrazole rings is 1. The van der Waals surface area contributed by atoms with E-state index >= 15 is 0 Å². The Bertz CT molecular complexity index is 813. The van der Waals surface area contributed by atoms with Crippen LogP contribution in [0.25, 0.3) is 0 Å². The molecule has 26 heavy (non-hydrogen) atoms. The van der Waals surface area contributed by atoms with Gasteiger partial charge in [-0.3, -0.25) is 9.59 Å². The fourth-order valence-corrected chi connectivity index (χ4v) is 5.69. The predicted molar refractivity (Wildman–Crippen MR) is 98.3 cm³/mol. The molecule has 1 aromatic heterocycles. The van der Waals surface area contributed by atoms with Crippen LogP contribution < -0.4 is 5.32 Å². The molecule has 2 aromatic rings. The third kappa shape index (κ3) is 2.96. The Balaban J connectivity index is 1.40. The highest BCUT2D eigenvalue weighted by Crippen LogP contribution is 2.56. The van der Waals surface area contributed by atoms with Crippen LogP contribution in [0.4, 0.5) is 0 Å². The summed E-state index contributed by atoms with van der Waals surface area (Å²) >= 11 is 3.11. The van der Waals surface area contributed by atoms with E-state index < -0.39 is 6.04 Å². The van der Waals surface area contributed by atoms with Crippen molar-refractivity contribution in [1.29, 1.82) is 0 Å².